The maximum Gasteiger partial charge on any atom is 0.158 e. The van der Waals surface area contributed by atoms with Crippen molar-refractivity contribution in [2.75, 3.05) is 4.90 Å². The molecule has 3 rings (SSSR count). The molecule has 0 spiro atoms. The minimum absolute atomic E-state index is 0.106. The third-order valence-corrected chi connectivity index (χ3v) is 4.33. The average Bonchev–Trinajstić information content (AvgIpc) is 2.63. The molecule has 0 saturated heterocycles. The summed E-state index contributed by atoms with van der Waals surface area (Å²) in [5.41, 5.74) is 2.37. The van der Waals surface area contributed by atoms with Crippen LogP contribution in [0.4, 0.5) is 10.1 Å². The molecule has 4 heteroatoms. The van der Waals surface area contributed by atoms with E-state index in [-0.39, 0.29) is 10.6 Å². The Morgan fingerprint density at radius 2 is 1.36 bits per heavy atom. The molecule has 0 aliphatic heterocycles. The van der Waals surface area contributed by atoms with Gasteiger partial charge in [-0.25, -0.2) is 4.39 Å². The van der Waals surface area contributed by atoms with Gasteiger partial charge in [0, 0.05) is 13.1 Å². The lowest BCUT2D eigenvalue weighted by molar-refractivity contribution is 0.112. The van der Waals surface area contributed by atoms with E-state index in [1.165, 1.54) is 0 Å². The number of hydrogen-bond donors (Lipinski definition) is 0. The number of carbonyl (C=O) groups is 1. The van der Waals surface area contributed by atoms with E-state index in [0.29, 0.717) is 25.1 Å². The lowest BCUT2D eigenvalue weighted by atomic mass is 10.1. The lowest BCUT2D eigenvalue weighted by Gasteiger charge is -2.26. The van der Waals surface area contributed by atoms with Gasteiger partial charge < -0.3 is 4.90 Å². The predicted molar refractivity (Wildman–Crippen MR) is 99.6 cm³/mol. The summed E-state index contributed by atoms with van der Waals surface area (Å²) in [6.45, 7) is 1.04. The molecule has 25 heavy (non-hydrogen) atoms. The molecule has 0 aliphatic rings. The fraction of sp³-hybridized carbons (Fsp3) is 0.0952. The van der Waals surface area contributed by atoms with Gasteiger partial charge in [-0.15, -0.1) is 0 Å². The molecular weight excluding hydrogens is 337 g/mol. The normalized spacial score (nSPS) is 10.5. The molecule has 0 N–H and O–H groups in total. The van der Waals surface area contributed by atoms with E-state index in [4.69, 9.17) is 11.6 Å². The molecule has 0 amide bonds. The fourth-order valence-corrected chi connectivity index (χ4v) is 2.93. The molecule has 0 fully saturated rings. The van der Waals surface area contributed by atoms with Crippen molar-refractivity contribution in [3.8, 4) is 0 Å². The van der Waals surface area contributed by atoms with Crippen LogP contribution in [0.15, 0.2) is 72.8 Å². The molecule has 0 heterocycles. The van der Waals surface area contributed by atoms with Crippen LogP contribution in [0.1, 0.15) is 21.5 Å². The van der Waals surface area contributed by atoms with Gasteiger partial charge in [0.2, 0.25) is 0 Å². The number of hydrogen-bond acceptors (Lipinski definition) is 2. The third-order valence-electron chi connectivity index (χ3n) is 4.00. The summed E-state index contributed by atoms with van der Waals surface area (Å²) in [4.78, 5) is 13.1. The van der Waals surface area contributed by atoms with Crippen molar-refractivity contribution in [2.45, 2.75) is 13.1 Å². The largest absolute Gasteiger partial charge is 0.360 e. The Morgan fingerprint density at radius 3 is 1.84 bits per heavy atom. The number of carbonyl (C=O) groups excluding carboxylic acids is 1. The first-order valence-corrected chi connectivity index (χ1v) is 8.33. The highest BCUT2D eigenvalue weighted by molar-refractivity contribution is 6.33. The molecular formula is C21H17ClFNO. The highest BCUT2D eigenvalue weighted by Gasteiger charge is 2.18. The Morgan fingerprint density at radius 1 is 0.840 bits per heavy atom. The van der Waals surface area contributed by atoms with E-state index in [1.54, 1.807) is 12.1 Å². The van der Waals surface area contributed by atoms with Gasteiger partial charge in [0.1, 0.15) is 0 Å². The van der Waals surface area contributed by atoms with E-state index < -0.39 is 5.82 Å². The molecule has 2 nitrogen and oxygen atoms in total. The zero-order chi connectivity index (χ0) is 17.6. The van der Waals surface area contributed by atoms with Gasteiger partial charge in [-0.3, -0.25) is 4.79 Å². The fourth-order valence-electron chi connectivity index (χ4n) is 2.74. The van der Waals surface area contributed by atoms with Crippen LogP contribution in [0.25, 0.3) is 0 Å². The van der Waals surface area contributed by atoms with Crippen LogP contribution in [-0.4, -0.2) is 6.29 Å². The Labute approximate surface area is 151 Å². The Kier molecular flexibility index (Phi) is 5.46. The minimum atomic E-state index is -0.589. The van der Waals surface area contributed by atoms with E-state index in [9.17, 15) is 9.18 Å². The molecule has 0 atom stereocenters. The maximum atomic E-state index is 14.8. The summed E-state index contributed by atoms with van der Waals surface area (Å²) in [6, 6.07) is 22.8. The number of aldehydes is 1. The first kappa shape index (κ1) is 17.2. The Bertz CT molecular complexity index is 811. The SMILES string of the molecule is O=Cc1c(Cl)ccc(N(Cc2ccccc2)Cc2ccccc2)c1F. The van der Waals surface area contributed by atoms with Crippen LogP contribution in [0.5, 0.6) is 0 Å². The highest BCUT2D eigenvalue weighted by atomic mass is 35.5. The molecule has 0 aromatic heterocycles. The van der Waals surface area contributed by atoms with Gasteiger partial charge in [0.25, 0.3) is 0 Å². The molecule has 126 valence electrons. The van der Waals surface area contributed by atoms with Crippen LogP contribution >= 0.6 is 11.6 Å². The summed E-state index contributed by atoms with van der Waals surface area (Å²) < 4.78 is 14.8. The first-order valence-electron chi connectivity index (χ1n) is 7.95. The number of nitrogens with zero attached hydrogens (tertiary/aromatic N) is 1. The van der Waals surface area contributed by atoms with Crippen LogP contribution < -0.4 is 4.90 Å². The van der Waals surface area contributed by atoms with Crippen molar-refractivity contribution in [3.05, 3.63) is 100 Å². The van der Waals surface area contributed by atoms with Crippen molar-refractivity contribution in [3.63, 3.8) is 0 Å². The van der Waals surface area contributed by atoms with Gasteiger partial charge >= 0.3 is 0 Å². The van der Waals surface area contributed by atoms with Crippen LogP contribution in [-0.2, 0) is 13.1 Å². The van der Waals surface area contributed by atoms with Crippen LogP contribution in [0.2, 0.25) is 5.02 Å². The van der Waals surface area contributed by atoms with Gasteiger partial charge in [-0.2, -0.15) is 0 Å². The standard InChI is InChI=1S/C21H17ClFNO/c22-19-11-12-20(21(23)18(19)15-25)24(13-16-7-3-1-4-8-16)14-17-9-5-2-6-10-17/h1-12,15H,13-14H2. The van der Waals surface area contributed by atoms with Crippen LogP contribution in [0.3, 0.4) is 0 Å². The van der Waals surface area contributed by atoms with Gasteiger partial charge in [0.15, 0.2) is 12.1 Å². The van der Waals surface area contributed by atoms with Crippen molar-refractivity contribution >= 4 is 23.6 Å². The van der Waals surface area contributed by atoms with Gasteiger partial charge in [-0.05, 0) is 23.3 Å². The number of benzene rings is 3. The molecule has 3 aromatic carbocycles. The Hall–Kier alpha value is -2.65. The topological polar surface area (TPSA) is 20.3 Å². The zero-order valence-corrected chi connectivity index (χ0v) is 14.3. The van der Waals surface area contributed by atoms with Crippen molar-refractivity contribution < 1.29 is 9.18 Å². The summed E-state index contributed by atoms with van der Waals surface area (Å²) in [5.74, 6) is -0.589. The van der Waals surface area contributed by atoms with E-state index in [2.05, 4.69) is 0 Å². The number of anilines is 1. The summed E-state index contributed by atoms with van der Waals surface area (Å²) >= 11 is 5.94. The highest BCUT2D eigenvalue weighted by Crippen LogP contribution is 2.29. The second-order valence-corrected chi connectivity index (χ2v) is 6.15. The van der Waals surface area contributed by atoms with E-state index in [1.807, 2.05) is 65.6 Å². The summed E-state index contributed by atoms with van der Waals surface area (Å²) in [7, 11) is 0. The van der Waals surface area contributed by atoms with Crippen LogP contribution in [0, 0.1) is 5.82 Å². The monoisotopic (exact) mass is 353 g/mol. The van der Waals surface area contributed by atoms with E-state index >= 15 is 0 Å². The predicted octanol–water partition coefficient (Wildman–Crippen LogP) is 5.50. The van der Waals surface area contributed by atoms with Crippen molar-refractivity contribution in [2.24, 2.45) is 0 Å². The smallest absolute Gasteiger partial charge is 0.158 e. The second-order valence-electron chi connectivity index (χ2n) is 5.74. The third kappa shape index (κ3) is 4.06. The maximum absolute atomic E-state index is 14.8. The molecule has 0 saturated carbocycles. The molecule has 0 unspecified atom stereocenters. The zero-order valence-electron chi connectivity index (χ0n) is 13.5. The summed E-state index contributed by atoms with van der Waals surface area (Å²) in [6.07, 6.45) is 0.463. The summed E-state index contributed by atoms with van der Waals surface area (Å²) in [5, 5.41) is 0.121. The lowest BCUT2D eigenvalue weighted by Crippen LogP contribution is -2.23. The first-order chi connectivity index (χ1) is 12.2. The van der Waals surface area contributed by atoms with Crippen molar-refractivity contribution in [1.82, 2.24) is 0 Å². The molecule has 0 aliphatic carbocycles. The van der Waals surface area contributed by atoms with Gasteiger partial charge in [-0.1, -0.05) is 72.3 Å². The number of rotatable bonds is 6. The quantitative estimate of drug-likeness (QED) is 0.545. The Balaban J connectivity index is 2.00. The minimum Gasteiger partial charge on any atom is -0.360 e. The van der Waals surface area contributed by atoms with E-state index in [0.717, 1.165) is 11.1 Å². The second kappa shape index (κ2) is 7.95. The van der Waals surface area contributed by atoms with Crippen molar-refractivity contribution in [1.29, 1.82) is 0 Å². The molecule has 3 aromatic rings. The average molecular weight is 354 g/mol. The molecule has 0 radical (unpaired) electrons. The van der Waals surface area contributed by atoms with Gasteiger partial charge in [0.05, 0.1) is 16.3 Å². The molecule has 0 bridgehead atoms. The number of halogens is 2.